The Morgan fingerprint density at radius 3 is 2.70 bits per heavy atom. The minimum atomic E-state index is -1.07. The molecule has 0 aromatic heterocycles. The van der Waals surface area contributed by atoms with Gasteiger partial charge in [0.1, 0.15) is 6.10 Å². The van der Waals surface area contributed by atoms with Gasteiger partial charge in [-0.15, -0.1) is 0 Å². The maximum absolute atomic E-state index is 10.5. The molecule has 58 valence electrons. The summed E-state index contributed by atoms with van der Waals surface area (Å²) in [6.07, 6.45) is -0.887. The Labute approximate surface area is 58.4 Å². The average molecular weight is 146 g/mol. The van der Waals surface area contributed by atoms with Crippen LogP contribution in [0.25, 0.3) is 0 Å². The zero-order valence-electron chi connectivity index (χ0n) is 5.70. The van der Waals surface area contributed by atoms with E-state index in [1.165, 1.54) is 6.92 Å². The second-order valence-corrected chi connectivity index (χ2v) is 2.66. The lowest BCUT2D eigenvalue weighted by molar-refractivity contribution is -0.153. The van der Waals surface area contributed by atoms with Crippen molar-refractivity contribution in [3.63, 3.8) is 0 Å². The molecule has 10 heavy (non-hydrogen) atoms. The van der Waals surface area contributed by atoms with Crippen LogP contribution >= 0.6 is 0 Å². The number of hydrogen-bond donors (Lipinski definition) is 2. The lowest BCUT2D eigenvalue weighted by atomic mass is 10.0. The third-order valence-corrected chi connectivity index (χ3v) is 1.73. The van der Waals surface area contributed by atoms with Crippen LogP contribution in [0.4, 0.5) is 0 Å². The molecule has 0 aromatic rings. The quantitative estimate of drug-likeness (QED) is 0.468. The number of aliphatic hydroxyl groups excluding tert-OH is 2. The molecule has 1 heterocycles. The van der Waals surface area contributed by atoms with Gasteiger partial charge in [-0.3, -0.25) is 4.79 Å². The Bertz CT molecular complexity index is 156. The molecule has 0 aliphatic carbocycles. The molecule has 1 aliphatic rings. The van der Waals surface area contributed by atoms with Crippen molar-refractivity contribution in [1.29, 1.82) is 0 Å². The lowest BCUT2D eigenvalue weighted by Gasteiger charge is -2.22. The Kier molecular flexibility index (Phi) is 1.66. The van der Waals surface area contributed by atoms with Gasteiger partial charge in [-0.05, 0) is 6.92 Å². The zero-order valence-corrected chi connectivity index (χ0v) is 5.70. The van der Waals surface area contributed by atoms with Gasteiger partial charge in [-0.25, -0.2) is 0 Å². The molecular weight excluding hydrogens is 136 g/mol. The first kappa shape index (κ1) is 7.50. The van der Waals surface area contributed by atoms with Crippen LogP contribution in [0.1, 0.15) is 13.3 Å². The van der Waals surface area contributed by atoms with Crippen molar-refractivity contribution in [2.75, 3.05) is 6.61 Å². The van der Waals surface area contributed by atoms with Gasteiger partial charge in [0.2, 0.25) is 0 Å². The van der Waals surface area contributed by atoms with E-state index in [9.17, 15) is 4.79 Å². The second kappa shape index (κ2) is 2.21. The third-order valence-electron chi connectivity index (χ3n) is 1.73. The molecule has 4 nitrogen and oxygen atoms in total. The molecule has 1 rings (SSSR count). The minimum Gasteiger partial charge on any atom is -0.454 e. The van der Waals surface area contributed by atoms with Gasteiger partial charge >= 0.3 is 5.97 Å². The van der Waals surface area contributed by atoms with Crippen LogP contribution in [0.5, 0.6) is 0 Å². The molecular formula is C6H10O4. The van der Waals surface area contributed by atoms with Crippen LogP contribution in [0.15, 0.2) is 0 Å². The highest BCUT2D eigenvalue weighted by Crippen LogP contribution is 2.25. The number of cyclic esters (lactones) is 1. The molecule has 0 bridgehead atoms. The molecule has 1 fully saturated rings. The molecule has 0 amide bonds. The molecule has 1 aliphatic heterocycles. The number of carbonyl (C=O) groups is 1. The number of carbonyl (C=O) groups excluding carboxylic acids is 1. The molecule has 0 aromatic carbocycles. The topological polar surface area (TPSA) is 66.8 Å². The van der Waals surface area contributed by atoms with Crippen molar-refractivity contribution in [3.8, 4) is 0 Å². The summed E-state index contributed by atoms with van der Waals surface area (Å²) in [5.41, 5.74) is -1.07. The van der Waals surface area contributed by atoms with E-state index in [0.29, 0.717) is 0 Å². The standard InChI is InChI=1S/C6H10O4/c1-6(3-7)4(8)2-5(9)10-6/h4,7-8H,2-3H2,1H3/t4-,6+/m0/s1. The van der Waals surface area contributed by atoms with Gasteiger partial charge in [-0.1, -0.05) is 0 Å². The molecule has 2 atom stereocenters. The summed E-state index contributed by atoms with van der Waals surface area (Å²) < 4.78 is 4.67. The summed E-state index contributed by atoms with van der Waals surface area (Å²) in [5, 5.41) is 17.8. The maximum atomic E-state index is 10.5. The summed E-state index contributed by atoms with van der Waals surface area (Å²) in [7, 11) is 0. The predicted molar refractivity (Wildman–Crippen MR) is 32.2 cm³/mol. The van der Waals surface area contributed by atoms with E-state index in [2.05, 4.69) is 4.74 Å². The highest BCUT2D eigenvalue weighted by atomic mass is 16.6. The van der Waals surface area contributed by atoms with Crippen LogP contribution in [0.3, 0.4) is 0 Å². The van der Waals surface area contributed by atoms with E-state index in [1.54, 1.807) is 0 Å². The highest BCUT2D eigenvalue weighted by Gasteiger charge is 2.44. The van der Waals surface area contributed by atoms with Crippen molar-refractivity contribution < 1.29 is 19.7 Å². The second-order valence-electron chi connectivity index (χ2n) is 2.66. The molecule has 2 N–H and O–H groups in total. The normalized spacial score (nSPS) is 39.9. The molecule has 1 saturated heterocycles. The number of hydrogen-bond acceptors (Lipinski definition) is 4. The molecule has 4 heteroatoms. The first-order valence-corrected chi connectivity index (χ1v) is 3.09. The van der Waals surface area contributed by atoms with Crippen molar-refractivity contribution in [1.82, 2.24) is 0 Å². The van der Waals surface area contributed by atoms with E-state index in [-0.39, 0.29) is 13.0 Å². The van der Waals surface area contributed by atoms with E-state index in [0.717, 1.165) is 0 Å². The van der Waals surface area contributed by atoms with Gasteiger partial charge in [0, 0.05) is 0 Å². The smallest absolute Gasteiger partial charge is 0.309 e. The number of ether oxygens (including phenoxy) is 1. The van der Waals surface area contributed by atoms with Crippen molar-refractivity contribution in [2.24, 2.45) is 0 Å². The van der Waals surface area contributed by atoms with Crippen LogP contribution in [0, 0.1) is 0 Å². The SMILES string of the molecule is C[C@]1(CO)OC(=O)C[C@@H]1O. The fourth-order valence-corrected chi connectivity index (χ4v) is 0.881. The van der Waals surface area contributed by atoms with E-state index >= 15 is 0 Å². The van der Waals surface area contributed by atoms with Crippen LogP contribution < -0.4 is 0 Å². The Hall–Kier alpha value is -0.610. The summed E-state index contributed by atoms with van der Waals surface area (Å²) in [6.45, 7) is 1.17. The number of rotatable bonds is 1. The van der Waals surface area contributed by atoms with Crippen LogP contribution in [0.2, 0.25) is 0 Å². The first-order chi connectivity index (χ1) is 4.58. The van der Waals surface area contributed by atoms with Gasteiger partial charge in [-0.2, -0.15) is 0 Å². The maximum Gasteiger partial charge on any atom is 0.309 e. The van der Waals surface area contributed by atoms with E-state index in [4.69, 9.17) is 10.2 Å². The van der Waals surface area contributed by atoms with Gasteiger partial charge in [0.05, 0.1) is 13.0 Å². The minimum absolute atomic E-state index is 0.0168. The largest absolute Gasteiger partial charge is 0.454 e. The molecule has 0 spiro atoms. The van der Waals surface area contributed by atoms with Crippen LogP contribution in [-0.4, -0.2) is 34.5 Å². The van der Waals surface area contributed by atoms with Crippen molar-refractivity contribution >= 4 is 5.97 Å². The van der Waals surface area contributed by atoms with Gasteiger partial charge in [0.25, 0.3) is 0 Å². The monoisotopic (exact) mass is 146 g/mol. The fourth-order valence-electron chi connectivity index (χ4n) is 0.881. The number of esters is 1. The van der Waals surface area contributed by atoms with Gasteiger partial charge < -0.3 is 14.9 Å². The van der Waals surface area contributed by atoms with Gasteiger partial charge in [0.15, 0.2) is 5.60 Å². The van der Waals surface area contributed by atoms with E-state index in [1.807, 2.05) is 0 Å². The summed E-state index contributed by atoms with van der Waals surface area (Å²) in [6, 6.07) is 0. The summed E-state index contributed by atoms with van der Waals surface area (Å²) >= 11 is 0. The van der Waals surface area contributed by atoms with Crippen molar-refractivity contribution in [3.05, 3.63) is 0 Å². The number of aliphatic hydroxyl groups is 2. The Morgan fingerprint density at radius 2 is 2.50 bits per heavy atom. The van der Waals surface area contributed by atoms with Crippen molar-refractivity contribution in [2.45, 2.75) is 25.0 Å². The third kappa shape index (κ3) is 0.998. The predicted octanol–water partition coefficient (Wildman–Crippen LogP) is -0.955. The zero-order chi connectivity index (χ0) is 7.78. The fraction of sp³-hybridized carbons (Fsp3) is 0.833. The molecule has 0 unspecified atom stereocenters. The Balaban J connectivity index is 2.70. The molecule has 0 saturated carbocycles. The highest BCUT2D eigenvalue weighted by molar-refractivity contribution is 5.73. The van der Waals surface area contributed by atoms with Crippen LogP contribution in [-0.2, 0) is 9.53 Å². The summed E-state index contributed by atoms with van der Waals surface area (Å²) in [4.78, 5) is 10.5. The average Bonchev–Trinajstić information content (AvgIpc) is 2.09. The first-order valence-electron chi connectivity index (χ1n) is 3.09. The summed E-state index contributed by atoms with van der Waals surface area (Å²) in [5.74, 6) is -0.455. The Morgan fingerprint density at radius 1 is 1.90 bits per heavy atom. The van der Waals surface area contributed by atoms with E-state index < -0.39 is 17.7 Å². The lowest BCUT2D eigenvalue weighted by Crippen LogP contribution is -2.39. The molecule has 0 radical (unpaired) electrons.